The van der Waals surface area contributed by atoms with Crippen LogP contribution in [0.2, 0.25) is 0 Å². The van der Waals surface area contributed by atoms with Crippen LogP contribution < -0.4 is 4.74 Å². The number of Topliss-reactive ketones (excluding diaryl/α,β-unsaturated/α-hetero) is 1. The zero-order chi connectivity index (χ0) is 13.5. The summed E-state index contributed by atoms with van der Waals surface area (Å²) in [4.78, 5) is 11.1. The van der Waals surface area contributed by atoms with E-state index in [1.807, 2.05) is 12.1 Å². The molecule has 0 amide bonds. The molecule has 0 radical (unpaired) electrons. The fourth-order valence-corrected chi connectivity index (χ4v) is 2.20. The van der Waals surface area contributed by atoms with E-state index in [9.17, 15) is 4.79 Å². The van der Waals surface area contributed by atoms with Crippen molar-refractivity contribution in [3.05, 3.63) is 28.2 Å². The molecule has 0 heterocycles. The number of hydrogen-bond donors (Lipinski definition) is 0. The van der Waals surface area contributed by atoms with Gasteiger partial charge < -0.3 is 9.53 Å². The van der Waals surface area contributed by atoms with Gasteiger partial charge in [0.1, 0.15) is 11.5 Å². The Morgan fingerprint density at radius 1 is 1.44 bits per heavy atom. The molecule has 0 saturated heterocycles. The first kappa shape index (κ1) is 15.2. The lowest BCUT2D eigenvalue weighted by molar-refractivity contribution is -0.117. The van der Waals surface area contributed by atoms with Crippen LogP contribution in [0.3, 0.4) is 0 Å². The van der Waals surface area contributed by atoms with Crippen molar-refractivity contribution in [3.63, 3.8) is 0 Å². The highest BCUT2D eigenvalue weighted by Crippen LogP contribution is 2.32. The summed E-state index contributed by atoms with van der Waals surface area (Å²) >= 11 is 3.49. The molecular weight excluding hydrogens is 292 g/mol. The molecule has 18 heavy (non-hydrogen) atoms. The quantitative estimate of drug-likeness (QED) is 0.728. The van der Waals surface area contributed by atoms with Crippen molar-refractivity contribution >= 4 is 21.7 Å². The molecule has 0 N–H and O–H groups in total. The maximum absolute atomic E-state index is 11.1. The lowest BCUT2D eigenvalue weighted by Gasteiger charge is -2.17. The normalized spacial score (nSPS) is 12.2. The van der Waals surface area contributed by atoms with Crippen molar-refractivity contribution < 1.29 is 9.53 Å². The van der Waals surface area contributed by atoms with Crippen molar-refractivity contribution in [2.45, 2.75) is 46.0 Å². The minimum absolute atomic E-state index is 0.243. The number of ketones is 1. The summed E-state index contributed by atoms with van der Waals surface area (Å²) in [5.41, 5.74) is 1.18. The summed E-state index contributed by atoms with van der Waals surface area (Å²) in [5.74, 6) is 1.52. The number of rotatable bonds is 7. The smallest absolute Gasteiger partial charge is 0.129 e. The van der Waals surface area contributed by atoms with Crippen LogP contribution in [0.1, 0.15) is 51.5 Å². The first-order valence-corrected chi connectivity index (χ1v) is 7.25. The summed E-state index contributed by atoms with van der Waals surface area (Å²) < 4.78 is 6.82. The summed E-state index contributed by atoms with van der Waals surface area (Å²) in [6.07, 6.45) is 2.49. The molecule has 1 aromatic carbocycles. The Bertz CT molecular complexity index is 401. The van der Waals surface area contributed by atoms with E-state index in [1.165, 1.54) is 5.56 Å². The zero-order valence-corrected chi connectivity index (χ0v) is 12.9. The largest absolute Gasteiger partial charge is 0.493 e. The van der Waals surface area contributed by atoms with Gasteiger partial charge in [0.25, 0.3) is 0 Å². The molecular formula is C15H21BrO2. The van der Waals surface area contributed by atoms with E-state index in [-0.39, 0.29) is 5.78 Å². The lowest BCUT2D eigenvalue weighted by atomic mass is 9.94. The van der Waals surface area contributed by atoms with Gasteiger partial charge in [-0.1, -0.05) is 29.8 Å². The van der Waals surface area contributed by atoms with Gasteiger partial charge in [-0.05, 0) is 49.4 Å². The minimum Gasteiger partial charge on any atom is -0.493 e. The molecule has 0 aliphatic carbocycles. The number of carbonyl (C=O) groups is 1. The van der Waals surface area contributed by atoms with E-state index < -0.39 is 0 Å². The summed E-state index contributed by atoms with van der Waals surface area (Å²) in [6.45, 7) is 6.61. The van der Waals surface area contributed by atoms with E-state index >= 15 is 0 Å². The average Bonchev–Trinajstić information content (AvgIpc) is 2.34. The van der Waals surface area contributed by atoms with Crippen LogP contribution >= 0.6 is 15.9 Å². The number of ether oxygens (including phenoxy) is 1. The molecule has 0 aliphatic heterocycles. The van der Waals surface area contributed by atoms with E-state index in [4.69, 9.17) is 4.74 Å². The standard InChI is InChI=1S/C15H21BrO2/c1-4-9-18-15-8-7-13(16)10-14(15)11(2)5-6-12(3)17/h7-8,10-11H,4-6,9H2,1-3H3. The molecule has 2 nitrogen and oxygen atoms in total. The zero-order valence-electron chi connectivity index (χ0n) is 11.3. The van der Waals surface area contributed by atoms with Gasteiger partial charge in [0.15, 0.2) is 0 Å². The highest BCUT2D eigenvalue weighted by atomic mass is 79.9. The van der Waals surface area contributed by atoms with Gasteiger partial charge in [-0.3, -0.25) is 0 Å². The van der Waals surface area contributed by atoms with Crippen LogP contribution in [0.15, 0.2) is 22.7 Å². The number of halogens is 1. The molecule has 0 bridgehead atoms. The van der Waals surface area contributed by atoms with Gasteiger partial charge in [0.2, 0.25) is 0 Å². The molecule has 0 aliphatic rings. The molecule has 1 unspecified atom stereocenters. The molecule has 0 fully saturated rings. The van der Waals surface area contributed by atoms with Crippen LogP contribution in [-0.4, -0.2) is 12.4 Å². The molecule has 1 rings (SSSR count). The predicted molar refractivity (Wildman–Crippen MR) is 78.3 cm³/mol. The van der Waals surface area contributed by atoms with Gasteiger partial charge >= 0.3 is 0 Å². The predicted octanol–water partition coefficient (Wildman–Crippen LogP) is 4.71. The third kappa shape index (κ3) is 4.81. The Balaban J connectivity index is 2.82. The van der Waals surface area contributed by atoms with Gasteiger partial charge in [-0.25, -0.2) is 0 Å². The number of benzene rings is 1. The van der Waals surface area contributed by atoms with E-state index in [0.717, 1.165) is 29.7 Å². The van der Waals surface area contributed by atoms with Crippen molar-refractivity contribution in [3.8, 4) is 5.75 Å². The number of hydrogen-bond acceptors (Lipinski definition) is 2. The molecule has 0 saturated carbocycles. The molecule has 0 spiro atoms. The van der Waals surface area contributed by atoms with E-state index in [2.05, 4.69) is 35.8 Å². The first-order valence-electron chi connectivity index (χ1n) is 6.46. The van der Waals surface area contributed by atoms with Crippen LogP contribution in [0.5, 0.6) is 5.75 Å². The third-order valence-corrected chi connectivity index (χ3v) is 3.39. The molecule has 100 valence electrons. The topological polar surface area (TPSA) is 26.3 Å². The van der Waals surface area contributed by atoms with Gasteiger partial charge in [0, 0.05) is 10.9 Å². The van der Waals surface area contributed by atoms with Crippen LogP contribution in [0.25, 0.3) is 0 Å². The second kappa shape index (κ2) is 7.57. The van der Waals surface area contributed by atoms with Crippen molar-refractivity contribution in [2.24, 2.45) is 0 Å². The summed E-state index contributed by atoms with van der Waals surface area (Å²) in [5, 5.41) is 0. The highest BCUT2D eigenvalue weighted by Gasteiger charge is 2.13. The van der Waals surface area contributed by atoms with Crippen LogP contribution in [-0.2, 0) is 4.79 Å². The maximum atomic E-state index is 11.1. The Kier molecular flexibility index (Phi) is 6.41. The Morgan fingerprint density at radius 3 is 2.78 bits per heavy atom. The van der Waals surface area contributed by atoms with Gasteiger partial charge in [0.05, 0.1) is 6.61 Å². The Hall–Kier alpha value is -0.830. The first-order chi connectivity index (χ1) is 8.54. The minimum atomic E-state index is 0.243. The van der Waals surface area contributed by atoms with Gasteiger partial charge in [-0.15, -0.1) is 0 Å². The lowest BCUT2D eigenvalue weighted by Crippen LogP contribution is -2.03. The Morgan fingerprint density at radius 2 is 2.17 bits per heavy atom. The average molecular weight is 313 g/mol. The van der Waals surface area contributed by atoms with Crippen LogP contribution in [0, 0.1) is 0 Å². The summed E-state index contributed by atoms with van der Waals surface area (Å²) in [6, 6.07) is 6.08. The second-order valence-electron chi connectivity index (χ2n) is 4.67. The monoisotopic (exact) mass is 312 g/mol. The molecule has 0 aromatic heterocycles. The molecule has 1 atom stereocenters. The van der Waals surface area contributed by atoms with Crippen LogP contribution in [0.4, 0.5) is 0 Å². The SMILES string of the molecule is CCCOc1ccc(Br)cc1C(C)CCC(C)=O. The fraction of sp³-hybridized carbons (Fsp3) is 0.533. The maximum Gasteiger partial charge on any atom is 0.129 e. The highest BCUT2D eigenvalue weighted by molar-refractivity contribution is 9.10. The van der Waals surface area contributed by atoms with E-state index in [0.29, 0.717) is 12.3 Å². The Labute approximate surface area is 118 Å². The second-order valence-corrected chi connectivity index (χ2v) is 5.59. The number of carbonyl (C=O) groups excluding carboxylic acids is 1. The third-order valence-electron chi connectivity index (χ3n) is 2.89. The van der Waals surface area contributed by atoms with Gasteiger partial charge in [-0.2, -0.15) is 0 Å². The summed E-state index contributed by atoms with van der Waals surface area (Å²) in [7, 11) is 0. The molecule has 1 aromatic rings. The van der Waals surface area contributed by atoms with Crippen molar-refractivity contribution in [2.75, 3.05) is 6.61 Å². The van der Waals surface area contributed by atoms with Crippen molar-refractivity contribution in [1.82, 2.24) is 0 Å². The fourth-order valence-electron chi connectivity index (χ4n) is 1.82. The van der Waals surface area contributed by atoms with Crippen molar-refractivity contribution in [1.29, 1.82) is 0 Å². The molecule has 3 heteroatoms. The van der Waals surface area contributed by atoms with E-state index in [1.54, 1.807) is 6.92 Å².